The Labute approximate surface area is 146 Å². The van der Waals surface area contributed by atoms with E-state index in [1.165, 1.54) is 18.7 Å². The Bertz CT molecular complexity index is 620. The second-order valence-corrected chi connectivity index (χ2v) is 6.63. The van der Waals surface area contributed by atoms with Crippen LogP contribution >= 0.6 is 0 Å². The van der Waals surface area contributed by atoms with E-state index in [-0.39, 0.29) is 5.76 Å². The van der Waals surface area contributed by atoms with Gasteiger partial charge in [0, 0.05) is 14.1 Å². The molecule has 1 aromatic rings. The quantitative estimate of drug-likeness (QED) is 0.311. The summed E-state index contributed by atoms with van der Waals surface area (Å²) >= 11 is -1.79. The molecule has 0 amide bonds. The predicted molar refractivity (Wildman–Crippen MR) is 95.6 cm³/mol. The first kappa shape index (κ1) is 20.0. The van der Waals surface area contributed by atoms with E-state index in [1.807, 2.05) is 26.2 Å². The van der Waals surface area contributed by atoms with Gasteiger partial charge in [0.25, 0.3) is 0 Å². The number of carbonyl (C=O) groups excluding carboxylic acids is 1. The standard InChI is InChI=1S/C18H25NO4S/c1-6-14(2)15-9-11-16(12-10-15)24(21)23-17(18(20)22-5)8-7-13-19(3)4/h7-14H,6H2,1-5H3/b13-7+,17-8-. The minimum atomic E-state index is -1.79. The lowest BCUT2D eigenvalue weighted by Gasteiger charge is -2.10. The molecule has 0 radical (unpaired) electrons. The normalized spacial score (nSPS) is 14.3. The van der Waals surface area contributed by atoms with Crippen molar-refractivity contribution in [2.24, 2.45) is 0 Å². The number of methoxy groups -OCH3 is 1. The number of rotatable bonds is 8. The summed E-state index contributed by atoms with van der Waals surface area (Å²) in [5.74, 6) is -0.349. The summed E-state index contributed by atoms with van der Waals surface area (Å²) in [7, 11) is 4.94. The summed E-state index contributed by atoms with van der Waals surface area (Å²) < 4.78 is 22.3. The highest BCUT2D eigenvalue weighted by molar-refractivity contribution is 7.80. The third-order valence-electron chi connectivity index (χ3n) is 3.44. The van der Waals surface area contributed by atoms with Crippen molar-refractivity contribution in [1.29, 1.82) is 0 Å². The van der Waals surface area contributed by atoms with Gasteiger partial charge in [-0.1, -0.05) is 26.0 Å². The second-order valence-electron chi connectivity index (χ2n) is 5.52. The summed E-state index contributed by atoms with van der Waals surface area (Å²) in [6.07, 6.45) is 5.81. The van der Waals surface area contributed by atoms with Crippen molar-refractivity contribution >= 4 is 17.0 Å². The van der Waals surface area contributed by atoms with Gasteiger partial charge in [-0.05, 0) is 48.4 Å². The number of esters is 1. The average molecular weight is 351 g/mol. The van der Waals surface area contributed by atoms with Gasteiger partial charge >= 0.3 is 5.97 Å². The Morgan fingerprint density at radius 3 is 2.42 bits per heavy atom. The molecule has 24 heavy (non-hydrogen) atoms. The molecule has 2 atom stereocenters. The number of hydrogen-bond donors (Lipinski definition) is 0. The fourth-order valence-corrected chi connectivity index (χ4v) is 2.55. The topological polar surface area (TPSA) is 55.8 Å². The van der Waals surface area contributed by atoms with Gasteiger partial charge in [-0.3, -0.25) is 0 Å². The Balaban J connectivity index is 2.90. The van der Waals surface area contributed by atoms with Gasteiger partial charge in [0.2, 0.25) is 16.8 Å². The van der Waals surface area contributed by atoms with E-state index in [0.717, 1.165) is 6.42 Å². The van der Waals surface area contributed by atoms with E-state index in [4.69, 9.17) is 4.18 Å². The molecule has 132 valence electrons. The van der Waals surface area contributed by atoms with Crippen molar-refractivity contribution in [3.8, 4) is 0 Å². The van der Waals surface area contributed by atoms with Crippen LogP contribution in [0.25, 0.3) is 0 Å². The molecule has 0 aliphatic rings. The predicted octanol–water partition coefficient (Wildman–Crippen LogP) is 3.37. The third kappa shape index (κ3) is 6.20. The van der Waals surface area contributed by atoms with E-state index in [9.17, 15) is 9.00 Å². The van der Waals surface area contributed by atoms with E-state index >= 15 is 0 Å². The summed E-state index contributed by atoms with van der Waals surface area (Å²) in [6.45, 7) is 4.26. The molecule has 0 fully saturated rings. The van der Waals surface area contributed by atoms with Crippen LogP contribution in [0, 0.1) is 0 Å². The molecule has 5 nitrogen and oxygen atoms in total. The summed E-state index contributed by atoms with van der Waals surface area (Å²) in [6, 6.07) is 7.36. The average Bonchev–Trinajstić information content (AvgIpc) is 2.59. The van der Waals surface area contributed by atoms with Crippen LogP contribution in [0.2, 0.25) is 0 Å². The summed E-state index contributed by atoms with van der Waals surface area (Å²) in [4.78, 5) is 14.0. The molecule has 0 spiro atoms. The molecule has 6 heteroatoms. The van der Waals surface area contributed by atoms with Crippen LogP contribution in [0.3, 0.4) is 0 Å². The first-order valence-corrected chi connectivity index (χ1v) is 8.79. The van der Waals surface area contributed by atoms with Crippen molar-refractivity contribution in [2.45, 2.75) is 31.1 Å². The van der Waals surface area contributed by atoms with Crippen LogP contribution in [-0.4, -0.2) is 36.3 Å². The van der Waals surface area contributed by atoms with Crippen molar-refractivity contribution in [3.05, 3.63) is 53.9 Å². The molecule has 0 aromatic heterocycles. The molecule has 1 rings (SSSR count). The molecular formula is C18H25NO4S. The first-order valence-electron chi connectivity index (χ1n) is 7.72. The largest absolute Gasteiger partial charge is 0.463 e. The fraction of sp³-hybridized carbons (Fsp3) is 0.389. The first-order chi connectivity index (χ1) is 11.4. The van der Waals surface area contributed by atoms with Crippen LogP contribution in [0.15, 0.2) is 53.3 Å². The monoisotopic (exact) mass is 351 g/mol. The van der Waals surface area contributed by atoms with E-state index < -0.39 is 17.0 Å². The highest BCUT2D eigenvalue weighted by Crippen LogP contribution is 2.21. The van der Waals surface area contributed by atoms with Gasteiger partial charge in [-0.15, -0.1) is 0 Å². The lowest BCUT2D eigenvalue weighted by atomic mass is 9.99. The minimum Gasteiger partial charge on any atom is -0.463 e. The zero-order valence-electron chi connectivity index (χ0n) is 14.8. The van der Waals surface area contributed by atoms with Gasteiger partial charge < -0.3 is 13.8 Å². The van der Waals surface area contributed by atoms with E-state index in [2.05, 4.69) is 18.6 Å². The van der Waals surface area contributed by atoms with Gasteiger partial charge in [0.1, 0.15) is 0 Å². The molecule has 0 bridgehead atoms. The van der Waals surface area contributed by atoms with Crippen LogP contribution in [0.1, 0.15) is 31.7 Å². The number of benzene rings is 1. The van der Waals surface area contributed by atoms with Crippen molar-refractivity contribution < 1.29 is 17.9 Å². The fourth-order valence-electron chi connectivity index (χ4n) is 1.81. The SMILES string of the molecule is CCC(C)c1ccc(S(=O)O/C(=C\C=C\N(C)C)C(=O)OC)cc1. The zero-order chi connectivity index (χ0) is 18.1. The molecular weight excluding hydrogens is 326 g/mol. The van der Waals surface area contributed by atoms with Gasteiger partial charge in [0.05, 0.1) is 12.0 Å². The Morgan fingerprint density at radius 2 is 1.92 bits per heavy atom. The molecule has 0 saturated heterocycles. The third-order valence-corrected chi connectivity index (χ3v) is 4.43. The van der Waals surface area contributed by atoms with Gasteiger partial charge in [0.15, 0.2) is 0 Å². The molecule has 0 aliphatic heterocycles. The molecule has 0 heterocycles. The molecule has 1 aromatic carbocycles. The molecule has 2 unspecified atom stereocenters. The second kappa shape index (κ2) is 9.93. The molecule has 0 N–H and O–H groups in total. The highest BCUT2D eigenvalue weighted by atomic mass is 32.2. The van der Waals surface area contributed by atoms with E-state index in [1.54, 1.807) is 29.3 Å². The Kier molecular flexibility index (Phi) is 8.26. The number of carbonyl (C=O) groups is 1. The van der Waals surface area contributed by atoms with Crippen LogP contribution in [-0.2, 0) is 24.8 Å². The minimum absolute atomic E-state index is 0.111. The van der Waals surface area contributed by atoms with Crippen LogP contribution in [0.5, 0.6) is 0 Å². The summed E-state index contributed by atoms with van der Waals surface area (Å²) in [5.41, 5.74) is 1.18. The van der Waals surface area contributed by atoms with Crippen LogP contribution < -0.4 is 0 Å². The Morgan fingerprint density at radius 1 is 1.29 bits per heavy atom. The molecule has 0 aliphatic carbocycles. The van der Waals surface area contributed by atoms with E-state index in [0.29, 0.717) is 10.8 Å². The van der Waals surface area contributed by atoms with Gasteiger partial charge in [-0.2, -0.15) is 0 Å². The number of hydrogen-bond acceptors (Lipinski definition) is 5. The van der Waals surface area contributed by atoms with Crippen molar-refractivity contribution in [3.63, 3.8) is 0 Å². The lowest BCUT2D eigenvalue weighted by Crippen LogP contribution is -2.10. The lowest BCUT2D eigenvalue weighted by molar-refractivity contribution is -0.138. The van der Waals surface area contributed by atoms with Crippen LogP contribution in [0.4, 0.5) is 0 Å². The summed E-state index contributed by atoms with van der Waals surface area (Å²) in [5, 5.41) is 0. The van der Waals surface area contributed by atoms with Crippen molar-refractivity contribution in [1.82, 2.24) is 4.90 Å². The number of ether oxygens (including phenoxy) is 1. The zero-order valence-corrected chi connectivity index (χ0v) is 15.6. The van der Waals surface area contributed by atoms with Gasteiger partial charge in [-0.25, -0.2) is 9.00 Å². The maximum Gasteiger partial charge on any atom is 0.375 e. The maximum absolute atomic E-state index is 12.3. The number of nitrogens with zero attached hydrogens (tertiary/aromatic N) is 1. The Hall–Kier alpha value is -2.08. The highest BCUT2D eigenvalue weighted by Gasteiger charge is 2.16. The maximum atomic E-state index is 12.3. The molecule has 0 saturated carbocycles. The number of allylic oxidation sites excluding steroid dienone is 2. The smallest absolute Gasteiger partial charge is 0.375 e. The van der Waals surface area contributed by atoms with Crippen molar-refractivity contribution in [2.75, 3.05) is 21.2 Å².